The molecule has 1 rings (SSSR count). The van der Waals surface area contributed by atoms with Gasteiger partial charge in [0.05, 0.1) is 17.7 Å². The first-order valence-corrected chi connectivity index (χ1v) is 6.58. The van der Waals surface area contributed by atoms with Crippen LogP contribution in [-0.2, 0) is 0 Å². The normalized spacial score (nSPS) is 14.4. The van der Waals surface area contributed by atoms with Gasteiger partial charge in [-0.2, -0.15) is 0 Å². The first kappa shape index (κ1) is 14.5. The number of nitrogens with one attached hydrogen (secondary N) is 1. The highest BCUT2D eigenvalue weighted by Crippen LogP contribution is 2.27. The zero-order valence-electron chi connectivity index (χ0n) is 10.5. The standard InChI is InChI=1S/C13H20BrNO2/c1-9(16)6-7-15-10(2)11-4-5-13(17-3)12(14)8-11/h4-5,8-10,15-16H,6-7H2,1-3H3. The van der Waals surface area contributed by atoms with Crippen molar-refractivity contribution in [1.29, 1.82) is 0 Å². The Morgan fingerprint density at radius 3 is 2.65 bits per heavy atom. The number of hydrogen-bond acceptors (Lipinski definition) is 3. The van der Waals surface area contributed by atoms with Gasteiger partial charge in [-0.15, -0.1) is 0 Å². The van der Waals surface area contributed by atoms with Crippen molar-refractivity contribution in [1.82, 2.24) is 5.32 Å². The topological polar surface area (TPSA) is 41.5 Å². The van der Waals surface area contributed by atoms with E-state index in [-0.39, 0.29) is 12.1 Å². The van der Waals surface area contributed by atoms with Crippen LogP contribution in [0.1, 0.15) is 31.9 Å². The molecular weight excluding hydrogens is 282 g/mol. The van der Waals surface area contributed by atoms with Crippen LogP contribution in [0.5, 0.6) is 5.75 Å². The van der Waals surface area contributed by atoms with E-state index in [2.05, 4.69) is 34.2 Å². The van der Waals surface area contributed by atoms with Gasteiger partial charge < -0.3 is 15.2 Å². The van der Waals surface area contributed by atoms with Crippen LogP contribution in [0, 0.1) is 0 Å². The molecule has 0 aliphatic carbocycles. The van der Waals surface area contributed by atoms with Gasteiger partial charge in [0.2, 0.25) is 0 Å². The van der Waals surface area contributed by atoms with Gasteiger partial charge in [0.15, 0.2) is 0 Å². The van der Waals surface area contributed by atoms with E-state index in [9.17, 15) is 5.11 Å². The number of halogens is 1. The Kier molecular flexibility index (Phi) is 5.95. The number of benzene rings is 1. The molecule has 0 aliphatic heterocycles. The predicted molar refractivity (Wildman–Crippen MR) is 73.4 cm³/mol. The van der Waals surface area contributed by atoms with Gasteiger partial charge in [-0.1, -0.05) is 6.07 Å². The van der Waals surface area contributed by atoms with Crippen molar-refractivity contribution in [3.05, 3.63) is 28.2 Å². The SMILES string of the molecule is COc1ccc(C(C)NCCC(C)O)cc1Br. The lowest BCUT2D eigenvalue weighted by Gasteiger charge is -2.16. The summed E-state index contributed by atoms with van der Waals surface area (Å²) in [6.07, 6.45) is 0.513. The van der Waals surface area contributed by atoms with Gasteiger partial charge in [0.1, 0.15) is 5.75 Å². The first-order chi connectivity index (χ1) is 8.04. The molecule has 0 saturated heterocycles. The second kappa shape index (κ2) is 6.99. The number of ether oxygens (including phenoxy) is 1. The number of aliphatic hydroxyl groups excluding tert-OH is 1. The van der Waals surface area contributed by atoms with E-state index in [1.54, 1.807) is 14.0 Å². The predicted octanol–water partition coefficient (Wildman–Crippen LogP) is 2.88. The second-order valence-corrected chi connectivity index (χ2v) is 5.06. The Morgan fingerprint density at radius 2 is 2.12 bits per heavy atom. The third-order valence-electron chi connectivity index (χ3n) is 2.69. The third kappa shape index (κ3) is 4.66. The Labute approximate surface area is 111 Å². The van der Waals surface area contributed by atoms with Gasteiger partial charge in [0.25, 0.3) is 0 Å². The Morgan fingerprint density at radius 1 is 1.41 bits per heavy atom. The highest BCUT2D eigenvalue weighted by molar-refractivity contribution is 9.10. The molecule has 3 nitrogen and oxygen atoms in total. The summed E-state index contributed by atoms with van der Waals surface area (Å²) in [4.78, 5) is 0. The van der Waals surface area contributed by atoms with Crippen LogP contribution in [0.15, 0.2) is 22.7 Å². The highest BCUT2D eigenvalue weighted by atomic mass is 79.9. The fourth-order valence-electron chi connectivity index (χ4n) is 1.58. The van der Waals surface area contributed by atoms with Crippen LogP contribution in [0.2, 0.25) is 0 Å². The van der Waals surface area contributed by atoms with E-state index >= 15 is 0 Å². The number of aliphatic hydroxyl groups is 1. The highest BCUT2D eigenvalue weighted by Gasteiger charge is 2.08. The summed E-state index contributed by atoms with van der Waals surface area (Å²) in [5.74, 6) is 0.838. The lowest BCUT2D eigenvalue weighted by molar-refractivity contribution is 0.182. The van der Waals surface area contributed by atoms with Crippen LogP contribution in [0.3, 0.4) is 0 Å². The van der Waals surface area contributed by atoms with Crippen molar-refractivity contribution in [2.24, 2.45) is 0 Å². The molecule has 2 N–H and O–H groups in total. The summed E-state index contributed by atoms with van der Waals surface area (Å²) >= 11 is 3.47. The van der Waals surface area contributed by atoms with E-state index in [4.69, 9.17) is 4.74 Å². The molecule has 0 saturated carbocycles. The molecule has 0 fully saturated rings. The molecule has 0 spiro atoms. The maximum atomic E-state index is 9.18. The lowest BCUT2D eigenvalue weighted by Crippen LogP contribution is -2.22. The minimum Gasteiger partial charge on any atom is -0.496 e. The van der Waals surface area contributed by atoms with Crippen LogP contribution >= 0.6 is 15.9 Å². The minimum atomic E-state index is -0.252. The van der Waals surface area contributed by atoms with Gasteiger partial charge in [-0.05, 0) is 60.4 Å². The average Bonchev–Trinajstić information content (AvgIpc) is 2.28. The molecule has 0 aromatic heterocycles. The van der Waals surface area contributed by atoms with Crippen LogP contribution in [0.4, 0.5) is 0 Å². The Hall–Kier alpha value is -0.580. The monoisotopic (exact) mass is 301 g/mol. The Bertz CT molecular complexity index is 355. The summed E-state index contributed by atoms with van der Waals surface area (Å²) in [7, 11) is 1.66. The van der Waals surface area contributed by atoms with Crippen LogP contribution < -0.4 is 10.1 Å². The van der Waals surface area contributed by atoms with Crippen LogP contribution in [-0.4, -0.2) is 24.9 Å². The minimum absolute atomic E-state index is 0.252. The van der Waals surface area contributed by atoms with Gasteiger partial charge in [-0.3, -0.25) is 0 Å². The quantitative estimate of drug-likeness (QED) is 0.849. The molecule has 0 amide bonds. The molecule has 2 atom stereocenters. The van der Waals surface area contributed by atoms with Crippen molar-refractivity contribution < 1.29 is 9.84 Å². The second-order valence-electron chi connectivity index (χ2n) is 4.21. The van der Waals surface area contributed by atoms with E-state index in [1.807, 2.05) is 12.1 Å². The molecule has 0 radical (unpaired) electrons. The lowest BCUT2D eigenvalue weighted by atomic mass is 10.1. The fourth-order valence-corrected chi connectivity index (χ4v) is 2.14. The van der Waals surface area contributed by atoms with E-state index < -0.39 is 0 Å². The summed E-state index contributed by atoms with van der Waals surface area (Å²) in [5, 5.41) is 12.6. The third-order valence-corrected chi connectivity index (χ3v) is 3.31. The first-order valence-electron chi connectivity index (χ1n) is 5.79. The molecule has 17 heavy (non-hydrogen) atoms. The van der Waals surface area contributed by atoms with E-state index in [0.717, 1.165) is 23.2 Å². The summed E-state index contributed by atoms with van der Waals surface area (Å²) in [6, 6.07) is 6.31. The number of methoxy groups -OCH3 is 1. The van der Waals surface area contributed by atoms with Crippen molar-refractivity contribution >= 4 is 15.9 Å². The van der Waals surface area contributed by atoms with Crippen molar-refractivity contribution in [2.75, 3.05) is 13.7 Å². The smallest absolute Gasteiger partial charge is 0.133 e. The summed E-state index contributed by atoms with van der Waals surface area (Å²) < 4.78 is 6.15. The maximum absolute atomic E-state index is 9.18. The molecule has 2 unspecified atom stereocenters. The molecule has 1 aromatic rings. The van der Waals surface area contributed by atoms with Crippen molar-refractivity contribution in [3.63, 3.8) is 0 Å². The molecule has 0 bridgehead atoms. The molecule has 96 valence electrons. The van der Waals surface area contributed by atoms with Gasteiger partial charge in [0, 0.05) is 6.04 Å². The number of rotatable bonds is 6. The largest absolute Gasteiger partial charge is 0.496 e. The van der Waals surface area contributed by atoms with E-state index in [1.165, 1.54) is 5.56 Å². The molecule has 0 heterocycles. The van der Waals surface area contributed by atoms with Gasteiger partial charge in [-0.25, -0.2) is 0 Å². The summed E-state index contributed by atoms with van der Waals surface area (Å²) in [6.45, 7) is 4.72. The summed E-state index contributed by atoms with van der Waals surface area (Å²) in [5.41, 5.74) is 1.20. The zero-order chi connectivity index (χ0) is 12.8. The van der Waals surface area contributed by atoms with Crippen molar-refractivity contribution in [3.8, 4) is 5.75 Å². The fraction of sp³-hybridized carbons (Fsp3) is 0.538. The maximum Gasteiger partial charge on any atom is 0.133 e. The molecule has 0 aliphatic rings. The molecule has 4 heteroatoms. The van der Waals surface area contributed by atoms with Crippen molar-refractivity contribution in [2.45, 2.75) is 32.4 Å². The molecule has 1 aromatic carbocycles. The molecular formula is C13H20BrNO2. The van der Waals surface area contributed by atoms with Gasteiger partial charge >= 0.3 is 0 Å². The average molecular weight is 302 g/mol. The Balaban J connectivity index is 2.57. The van der Waals surface area contributed by atoms with E-state index in [0.29, 0.717) is 0 Å². The zero-order valence-corrected chi connectivity index (χ0v) is 12.1. The van der Waals surface area contributed by atoms with Crippen LogP contribution in [0.25, 0.3) is 0 Å². The number of hydrogen-bond donors (Lipinski definition) is 2.